The van der Waals surface area contributed by atoms with Gasteiger partial charge in [-0.3, -0.25) is 4.79 Å². The van der Waals surface area contributed by atoms with E-state index in [0.29, 0.717) is 12.2 Å². The lowest BCUT2D eigenvalue weighted by molar-refractivity contribution is 0.102. The van der Waals surface area contributed by atoms with Crippen LogP contribution in [0, 0.1) is 0 Å². The number of benzene rings is 2. The number of aromatic nitrogens is 5. The summed E-state index contributed by atoms with van der Waals surface area (Å²) in [5.41, 5.74) is 2.08. The molecular formula is C20H18N6OS. The minimum atomic E-state index is -0.288. The third-order valence-electron chi connectivity index (χ3n) is 4.06. The van der Waals surface area contributed by atoms with Gasteiger partial charge in [-0.05, 0) is 29.8 Å². The molecule has 2 aromatic carbocycles. The molecule has 0 aliphatic heterocycles. The number of nitrogens with one attached hydrogen (secondary N) is 1. The number of hydrogen-bond acceptors (Lipinski definition) is 5. The van der Waals surface area contributed by atoms with Gasteiger partial charge in [0.25, 0.3) is 5.91 Å². The zero-order valence-corrected chi connectivity index (χ0v) is 16.0. The molecule has 4 aromatic rings. The average molecular weight is 390 g/mol. The molecule has 0 saturated heterocycles. The molecule has 28 heavy (non-hydrogen) atoms. The van der Waals surface area contributed by atoms with Crippen molar-refractivity contribution in [1.29, 1.82) is 0 Å². The van der Waals surface area contributed by atoms with Crippen LogP contribution in [0.15, 0.2) is 83.2 Å². The van der Waals surface area contributed by atoms with Crippen LogP contribution in [0.1, 0.15) is 16.1 Å². The van der Waals surface area contributed by atoms with Crippen molar-refractivity contribution in [2.24, 2.45) is 7.05 Å². The van der Waals surface area contributed by atoms with Gasteiger partial charge < -0.3 is 9.88 Å². The first kappa shape index (κ1) is 18.0. The summed E-state index contributed by atoms with van der Waals surface area (Å²) in [6.45, 7) is 0.570. The highest BCUT2D eigenvalue weighted by Crippen LogP contribution is 2.26. The van der Waals surface area contributed by atoms with Gasteiger partial charge in [-0.1, -0.05) is 47.3 Å². The fraction of sp³-hybridized carbons (Fsp3) is 0.100. The van der Waals surface area contributed by atoms with Gasteiger partial charge in [0.05, 0.1) is 12.7 Å². The number of amides is 1. The number of carbonyl (C=O) groups is 1. The monoisotopic (exact) mass is 390 g/mol. The van der Waals surface area contributed by atoms with Crippen LogP contribution in [-0.2, 0) is 13.6 Å². The smallest absolute Gasteiger partial charge is 0.277 e. The standard InChI is InChI=1S/C20H18N6OS/c1-25-12-11-21-20(25)28-17-9-7-16(8-10-17)22-19(27)18-14-26(24-23-18)13-15-5-3-2-4-6-15/h2-12,14H,13H2,1H3,(H,22,27). The summed E-state index contributed by atoms with van der Waals surface area (Å²) in [7, 11) is 1.95. The quantitative estimate of drug-likeness (QED) is 0.545. The maximum absolute atomic E-state index is 12.4. The molecule has 0 saturated carbocycles. The average Bonchev–Trinajstić information content (AvgIpc) is 3.34. The second-order valence-corrected chi connectivity index (χ2v) is 7.23. The van der Waals surface area contributed by atoms with Crippen LogP contribution >= 0.6 is 11.8 Å². The molecule has 8 heteroatoms. The van der Waals surface area contributed by atoms with Gasteiger partial charge in [-0.15, -0.1) is 5.10 Å². The predicted octanol–water partition coefficient (Wildman–Crippen LogP) is 3.46. The molecule has 0 spiro atoms. The molecule has 0 aliphatic rings. The number of rotatable bonds is 6. The molecule has 1 amide bonds. The Kier molecular flexibility index (Phi) is 5.20. The predicted molar refractivity (Wildman–Crippen MR) is 107 cm³/mol. The van der Waals surface area contributed by atoms with Gasteiger partial charge in [0, 0.05) is 30.0 Å². The zero-order chi connectivity index (χ0) is 19.3. The Balaban J connectivity index is 1.38. The summed E-state index contributed by atoms with van der Waals surface area (Å²) in [5.74, 6) is -0.288. The van der Waals surface area contributed by atoms with E-state index in [9.17, 15) is 4.79 Å². The summed E-state index contributed by atoms with van der Waals surface area (Å²) in [4.78, 5) is 17.8. The first-order valence-electron chi connectivity index (χ1n) is 8.68. The van der Waals surface area contributed by atoms with Crippen LogP contribution in [0.25, 0.3) is 0 Å². The fourth-order valence-corrected chi connectivity index (χ4v) is 3.41. The van der Waals surface area contributed by atoms with Crippen molar-refractivity contribution in [3.05, 3.63) is 84.4 Å². The van der Waals surface area contributed by atoms with Crippen LogP contribution in [0.4, 0.5) is 5.69 Å². The Bertz CT molecular complexity index is 1070. The normalized spacial score (nSPS) is 10.8. The number of carbonyl (C=O) groups excluding carboxylic acids is 1. The van der Waals surface area contributed by atoms with Crippen molar-refractivity contribution < 1.29 is 4.79 Å². The van der Waals surface area contributed by atoms with Crippen molar-refractivity contribution in [3.8, 4) is 0 Å². The largest absolute Gasteiger partial charge is 0.329 e. The van der Waals surface area contributed by atoms with E-state index in [-0.39, 0.29) is 11.6 Å². The molecule has 7 nitrogen and oxygen atoms in total. The highest BCUT2D eigenvalue weighted by Gasteiger charge is 2.11. The molecule has 0 bridgehead atoms. The molecule has 2 aromatic heterocycles. The maximum Gasteiger partial charge on any atom is 0.277 e. The van der Waals surface area contributed by atoms with Crippen molar-refractivity contribution in [2.45, 2.75) is 16.6 Å². The second kappa shape index (κ2) is 8.10. The summed E-state index contributed by atoms with van der Waals surface area (Å²) in [6.07, 6.45) is 5.32. The van der Waals surface area contributed by atoms with Gasteiger partial charge >= 0.3 is 0 Å². The van der Waals surface area contributed by atoms with Crippen LogP contribution < -0.4 is 5.32 Å². The molecular weight excluding hydrogens is 372 g/mol. The molecule has 140 valence electrons. The lowest BCUT2D eigenvalue weighted by atomic mass is 10.2. The Hall–Kier alpha value is -3.39. The van der Waals surface area contributed by atoms with Crippen LogP contribution in [0.2, 0.25) is 0 Å². The summed E-state index contributed by atoms with van der Waals surface area (Å²) < 4.78 is 3.61. The molecule has 4 rings (SSSR count). The summed E-state index contributed by atoms with van der Waals surface area (Å²) >= 11 is 1.56. The van der Waals surface area contributed by atoms with Gasteiger partial charge in [0.1, 0.15) is 0 Å². The minimum Gasteiger partial charge on any atom is -0.329 e. The first-order valence-corrected chi connectivity index (χ1v) is 9.50. The topological polar surface area (TPSA) is 77.6 Å². The lowest BCUT2D eigenvalue weighted by Crippen LogP contribution is -2.12. The molecule has 0 unspecified atom stereocenters. The third kappa shape index (κ3) is 4.29. The van der Waals surface area contributed by atoms with Crippen molar-refractivity contribution in [1.82, 2.24) is 24.5 Å². The minimum absolute atomic E-state index is 0.280. The van der Waals surface area contributed by atoms with Crippen molar-refractivity contribution >= 4 is 23.4 Å². The molecule has 1 N–H and O–H groups in total. The van der Waals surface area contributed by atoms with Gasteiger partial charge in [-0.2, -0.15) is 0 Å². The van der Waals surface area contributed by atoms with E-state index in [1.54, 1.807) is 28.8 Å². The zero-order valence-electron chi connectivity index (χ0n) is 15.2. The van der Waals surface area contributed by atoms with E-state index < -0.39 is 0 Å². The van der Waals surface area contributed by atoms with Gasteiger partial charge in [0.15, 0.2) is 10.9 Å². The van der Waals surface area contributed by atoms with Crippen molar-refractivity contribution in [3.63, 3.8) is 0 Å². The maximum atomic E-state index is 12.4. The first-order chi connectivity index (χ1) is 13.7. The second-order valence-electron chi connectivity index (χ2n) is 6.19. The molecule has 0 radical (unpaired) electrons. The van der Waals surface area contributed by atoms with Crippen molar-refractivity contribution in [2.75, 3.05) is 5.32 Å². The Morgan fingerprint density at radius 3 is 2.61 bits per heavy atom. The highest BCUT2D eigenvalue weighted by atomic mass is 32.2. The van der Waals surface area contributed by atoms with Gasteiger partial charge in [-0.25, -0.2) is 9.67 Å². The molecule has 0 aliphatic carbocycles. The number of imidazole rings is 1. The fourth-order valence-electron chi connectivity index (χ4n) is 2.61. The summed E-state index contributed by atoms with van der Waals surface area (Å²) in [6, 6.07) is 17.5. The molecule has 2 heterocycles. The van der Waals surface area contributed by atoms with Crippen LogP contribution in [0.5, 0.6) is 0 Å². The Labute approximate surface area is 166 Å². The van der Waals surface area contributed by atoms with Crippen LogP contribution in [-0.4, -0.2) is 30.5 Å². The third-order valence-corrected chi connectivity index (χ3v) is 5.14. The van der Waals surface area contributed by atoms with Gasteiger partial charge in [0.2, 0.25) is 0 Å². The highest BCUT2D eigenvalue weighted by molar-refractivity contribution is 7.99. The number of aryl methyl sites for hydroxylation is 1. The van der Waals surface area contributed by atoms with E-state index in [2.05, 4.69) is 20.6 Å². The Morgan fingerprint density at radius 1 is 1.11 bits per heavy atom. The molecule has 0 atom stereocenters. The number of nitrogens with zero attached hydrogens (tertiary/aromatic N) is 5. The number of hydrogen-bond donors (Lipinski definition) is 1. The molecule has 0 fully saturated rings. The van der Waals surface area contributed by atoms with E-state index in [0.717, 1.165) is 15.6 Å². The van der Waals surface area contributed by atoms with E-state index in [4.69, 9.17) is 0 Å². The number of anilines is 1. The summed E-state index contributed by atoms with van der Waals surface area (Å²) in [5, 5.41) is 11.8. The Morgan fingerprint density at radius 2 is 1.89 bits per heavy atom. The van der Waals surface area contributed by atoms with E-state index in [1.165, 1.54) is 0 Å². The van der Waals surface area contributed by atoms with E-state index >= 15 is 0 Å². The van der Waals surface area contributed by atoms with Crippen LogP contribution in [0.3, 0.4) is 0 Å². The van der Waals surface area contributed by atoms with E-state index in [1.807, 2.05) is 72.4 Å². The SMILES string of the molecule is Cn1ccnc1Sc1ccc(NC(=O)c2cn(Cc3ccccc3)nn2)cc1. The lowest BCUT2D eigenvalue weighted by Gasteiger charge is -2.05.